The van der Waals surface area contributed by atoms with Gasteiger partial charge in [0.2, 0.25) is 0 Å². The molecule has 1 aromatic heterocycles. The number of ether oxygens (including phenoxy) is 2. The summed E-state index contributed by atoms with van der Waals surface area (Å²) in [5.41, 5.74) is 0. The van der Waals surface area contributed by atoms with E-state index in [1.165, 1.54) is 11.3 Å². The molecule has 0 aromatic carbocycles. The fraction of sp³-hybridized carbons (Fsp3) is 0.667. The van der Waals surface area contributed by atoms with Crippen molar-refractivity contribution in [3.63, 3.8) is 0 Å². The first-order valence-electron chi connectivity index (χ1n) is 4.57. The molecule has 14 heavy (non-hydrogen) atoms. The first kappa shape index (κ1) is 9.89. The van der Waals surface area contributed by atoms with Crippen molar-refractivity contribution in [3.8, 4) is 5.19 Å². The molecule has 4 nitrogen and oxygen atoms in total. The summed E-state index contributed by atoms with van der Waals surface area (Å²) < 4.78 is 11.1. The Morgan fingerprint density at radius 3 is 3.07 bits per heavy atom. The smallest absolute Gasteiger partial charge is 0.273 e. The molecule has 78 valence electrons. The first-order valence-corrected chi connectivity index (χ1v) is 5.45. The highest BCUT2D eigenvalue weighted by Gasteiger charge is 2.32. The lowest BCUT2D eigenvalue weighted by Gasteiger charge is -2.23. The van der Waals surface area contributed by atoms with E-state index in [0.29, 0.717) is 12.6 Å². The number of likely N-dealkylation sites (N-methyl/N-ethyl adjacent to an activating group) is 1. The van der Waals surface area contributed by atoms with E-state index in [2.05, 4.69) is 9.88 Å². The molecule has 0 aliphatic carbocycles. The van der Waals surface area contributed by atoms with Crippen molar-refractivity contribution in [2.45, 2.75) is 12.1 Å². The molecule has 1 fully saturated rings. The summed E-state index contributed by atoms with van der Waals surface area (Å²) in [6, 6.07) is 0.332. The summed E-state index contributed by atoms with van der Waals surface area (Å²) in [4.78, 5) is 6.23. The van der Waals surface area contributed by atoms with Crippen LogP contribution in [-0.4, -0.2) is 49.3 Å². The number of hydrogen-bond acceptors (Lipinski definition) is 5. The zero-order valence-corrected chi connectivity index (χ0v) is 9.16. The van der Waals surface area contributed by atoms with Gasteiger partial charge < -0.3 is 14.4 Å². The maximum Gasteiger partial charge on any atom is 0.273 e. The summed E-state index contributed by atoms with van der Waals surface area (Å²) in [5.74, 6) is 0. The Morgan fingerprint density at radius 1 is 1.57 bits per heavy atom. The Bertz CT molecular complexity index is 276. The lowest BCUT2D eigenvalue weighted by atomic mass is 10.2. The van der Waals surface area contributed by atoms with Crippen LogP contribution >= 0.6 is 11.3 Å². The quantitative estimate of drug-likeness (QED) is 0.747. The molecule has 2 unspecified atom stereocenters. The minimum Gasteiger partial charge on any atom is -0.462 e. The highest BCUT2D eigenvalue weighted by Crippen LogP contribution is 2.20. The molecular formula is C9H14N2O2S. The van der Waals surface area contributed by atoms with Crippen LogP contribution in [0.2, 0.25) is 0 Å². The van der Waals surface area contributed by atoms with Gasteiger partial charge in [0, 0.05) is 11.6 Å². The van der Waals surface area contributed by atoms with E-state index < -0.39 is 0 Å². The minimum absolute atomic E-state index is 0.108. The van der Waals surface area contributed by atoms with E-state index in [1.54, 1.807) is 6.20 Å². The SMILES string of the molecule is CN(C)C1COCC1Oc1nccs1. The zero-order valence-electron chi connectivity index (χ0n) is 8.34. The number of aromatic nitrogens is 1. The van der Waals surface area contributed by atoms with Crippen LogP contribution in [-0.2, 0) is 4.74 Å². The van der Waals surface area contributed by atoms with Crippen molar-refractivity contribution < 1.29 is 9.47 Å². The van der Waals surface area contributed by atoms with Crippen molar-refractivity contribution in [1.82, 2.24) is 9.88 Å². The second-order valence-electron chi connectivity index (χ2n) is 3.52. The Hall–Kier alpha value is -0.650. The normalized spacial score (nSPS) is 27.1. The highest BCUT2D eigenvalue weighted by atomic mass is 32.1. The Labute approximate surface area is 87.5 Å². The van der Waals surface area contributed by atoms with Crippen molar-refractivity contribution in [2.24, 2.45) is 0 Å². The monoisotopic (exact) mass is 214 g/mol. The van der Waals surface area contributed by atoms with Crippen LogP contribution < -0.4 is 4.74 Å². The second-order valence-corrected chi connectivity index (χ2v) is 4.38. The number of rotatable bonds is 3. The second kappa shape index (κ2) is 4.25. The topological polar surface area (TPSA) is 34.6 Å². The first-order chi connectivity index (χ1) is 6.77. The molecule has 0 radical (unpaired) electrons. The lowest BCUT2D eigenvalue weighted by molar-refractivity contribution is 0.126. The molecule has 2 heterocycles. The predicted molar refractivity (Wildman–Crippen MR) is 54.8 cm³/mol. The van der Waals surface area contributed by atoms with E-state index >= 15 is 0 Å². The third-order valence-electron chi connectivity index (χ3n) is 2.33. The van der Waals surface area contributed by atoms with Gasteiger partial charge in [-0.3, -0.25) is 0 Å². The molecule has 2 atom stereocenters. The van der Waals surface area contributed by atoms with E-state index in [0.717, 1.165) is 11.8 Å². The van der Waals surface area contributed by atoms with Crippen LogP contribution in [0.5, 0.6) is 5.19 Å². The van der Waals surface area contributed by atoms with Crippen molar-refractivity contribution in [2.75, 3.05) is 27.3 Å². The zero-order chi connectivity index (χ0) is 9.97. The van der Waals surface area contributed by atoms with Gasteiger partial charge in [-0.2, -0.15) is 0 Å². The van der Waals surface area contributed by atoms with Crippen LogP contribution in [0.3, 0.4) is 0 Å². The van der Waals surface area contributed by atoms with Crippen LogP contribution in [0.25, 0.3) is 0 Å². The van der Waals surface area contributed by atoms with Crippen LogP contribution in [0, 0.1) is 0 Å². The molecule has 1 aliphatic rings. The summed E-state index contributed by atoms with van der Waals surface area (Å²) >= 11 is 1.52. The van der Waals surface area contributed by atoms with E-state index in [-0.39, 0.29) is 6.10 Å². The van der Waals surface area contributed by atoms with Gasteiger partial charge in [0.15, 0.2) is 0 Å². The molecule has 0 amide bonds. The van der Waals surface area contributed by atoms with Gasteiger partial charge in [-0.25, -0.2) is 4.98 Å². The molecule has 1 aliphatic heterocycles. The Morgan fingerprint density at radius 2 is 2.43 bits per heavy atom. The van der Waals surface area contributed by atoms with Gasteiger partial charge >= 0.3 is 0 Å². The van der Waals surface area contributed by atoms with Crippen molar-refractivity contribution >= 4 is 11.3 Å². The highest BCUT2D eigenvalue weighted by molar-refractivity contribution is 7.11. The summed E-state index contributed by atoms with van der Waals surface area (Å²) in [6.45, 7) is 1.39. The molecule has 2 rings (SSSR count). The standard InChI is InChI=1S/C9H14N2O2S/c1-11(2)7-5-12-6-8(7)13-9-10-3-4-14-9/h3-4,7-8H,5-6H2,1-2H3. The lowest BCUT2D eigenvalue weighted by Crippen LogP contribution is -2.41. The summed E-state index contributed by atoms with van der Waals surface area (Å²) in [7, 11) is 4.08. The summed E-state index contributed by atoms with van der Waals surface area (Å²) in [6.07, 6.45) is 1.86. The van der Waals surface area contributed by atoms with E-state index in [9.17, 15) is 0 Å². The Balaban J connectivity index is 1.97. The van der Waals surface area contributed by atoms with Crippen LogP contribution in [0.4, 0.5) is 0 Å². The molecule has 1 saturated heterocycles. The Kier molecular flexibility index (Phi) is 3.00. The molecule has 1 aromatic rings. The van der Waals surface area contributed by atoms with Crippen molar-refractivity contribution in [3.05, 3.63) is 11.6 Å². The van der Waals surface area contributed by atoms with Gasteiger partial charge in [-0.05, 0) is 14.1 Å². The number of nitrogens with zero attached hydrogens (tertiary/aromatic N) is 2. The maximum atomic E-state index is 5.73. The molecule has 0 N–H and O–H groups in total. The fourth-order valence-electron chi connectivity index (χ4n) is 1.52. The fourth-order valence-corrected chi connectivity index (χ4v) is 2.05. The van der Waals surface area contributed by atoms with Crippen molar-refractivity contribution in [1.29, 1.82) is 0 Å². The largest absolute Gasteiger partial charge is 0.462 e. The van der Waals surface area contributed by atoms with Gasteiger partial charge in [0.1, 0.15) is 6.10 Å². The van der Waals surface area contributed by atoms with Crippen LogP contribution in [0.15, 0.2) is 11.6 Å². The molecule has 5 heteroatoms. The average Bonchev–Trinajstić information content (AvgIpc) is 2.75. The molecule has 0 saturated carbocycles. The summed E-state index contributed by atoms with van der Waals surface area (Å²) in [5, 5.41) is 2.64. The van der Waals surface area contributed by atoms with E-state index in [1.807, 2.05) is 19.5 Å². The van der Waals surface area contributed by atoms with E-state index in [4.69, 9.17) is 9.47 Å². The van der Waals surface area contributed by atoms with Gasteiger partial charge in [0.05, 0.1) is 19.3 Å². The van der Waals surface area contributed by atoms with Gasteiger partial charge in [-0.1, -0.05) is 11.3 Å². The molecule has 0 spiro atoms. The number of hydrogen-bond donors (Lipinski definition) is 0. The average molecular weight is 214 g/mol. The van der Waals surface area contributed by atoms with Gasteiger partial charge in [0.25, 0.3) is 5.19 Å². The van der Waals surface area contributed by atoms with Gasteiger partial charge in [-0.15, -0.1) is 0 Å². The third kappa shape index (κ3) is 2.05. The van der Waals surface area contributed by atoms with Crippen LogP contribution in [0.1, 0.15) is 0 Å². The predicted octanol–water partition coefficient (Wildman–Crippen LogP) is 0.851. The maximum absolute atomic E-state index is 5.73. The third-order valence-corrected chi connectivity index (χ3v) is 2.99. The molecular weight excluding hydrogens is 200 g/mol. The minimum atomic E-state index is 0.108. The number of thiazole rings is 1. The molecule has 0 bridgehead atoms.